The number of fused-ring (bicyclic) bond motifs is 1. The van der Waals surface area contributed by atoms with Crippen molar-refractivity contribution in [1.82, 2.24) is 9.88 Å². The van der Waals surface area contributed by atoms with Crippen LogP contribution in [0.4, 0.5) is 5.13 Å². The Morgan fingerprint density at radius 3 is 2.66 bits per heavy atom. The summed E-state index contributed by atoms with van der Waals surface area (Å²) < 4.78 is 30.1. The minimum absolute atomic E-state index is 0.00333. The lowest BCUT2D eigenvalue weighted by Gasteiger charge is -2.31. The van der Waals surface area contributed by atoms with E-state index >= 15 is 0 Å². The molecule has 4 heterocycles. The lowest BCUT2D eigenvalue weighted by molar-refractivity contribution is -0.133. The maximum Gasteiger partial charge on any atom is 0.270 e. The lowest BCUT2D eigenvalue weighted by atomic mass is 10.1. The third kappa shape index (κ3) is 5.84. The molecular formula is C27H29N3O5S3. The van der Waals surface area contributed by atoms with Crippen molar-refractivity contribution in [3.8, 4) is 11.5 Å². The number of sulfone groups is 1. The summed E-state index contributed by atoms with van der Waals surface area (Å²) in [5.41, 5.74) is 1.38. The van der Waals surface area contributed by atoms with Crippen LogP contribution in [0, 0.1) is 5.92 Å². The number of anilines is 1. The first-order chi connectivity index (χ1) is 18.2. The second kappa shape index (κ2) is 11.0. The van der Waals surface area contributed by atoms with Crippen molar-refractivity contribution in [3.63, 3.8) is 0 Å². The zero-order chi connectivity index (χ0) is 26.9. The number of hydrogen-bond acceptors (Lipinski definition) is 8. The van der Waals surface area contributed by atoms with Crippen LogP contribution in [0.2, 0.25) is 0 Å². The Hall–Kier alpha value is -3.02. The van der Waals surface area contributed by atoms with Crippen LogP contribution in [0.1, 0.15) is 36.4 Å². The summed E-state index contributed by atoms with van der Waals surface area (Å²) >= 11 is 2.65. The number of carbonyl (C=O) groups excluding carboxylic acids is 2. The van der Waals surface area contributed by atoms with Crippen molar-refractivity contribution >= 4 is 60.4 Å². The summed E-state index contributed by atoms with van der Waals surface area (Å²) in [4.78, 5) is 35.4. The minimum atomic E-state index is -3.13. The van der Waals surface area contributed by atoms with Crippen LogP contribution in [0.5, 0.6) is 0 Å². The van der Waals surface area contributed by atoms with E-state index in [2.05, 4.69) is 0 Å². The molecule has 1 aliphatic heterocycles. The zero-order valence-corrected chi connectivity index (χ0v) is 23.7. The molecule has 1 saturated heterocycles. The molecule has 1 unspecified atom stereocenters. The van der Waals surface area contributed by atoms with Crippen molar-refractivity contribution in [2.45, 2.75) is 32.7 Å². The highest BCUT2D eigenvalue weighted by atomic mass is 32.2. The van der Waals surface area contributed by atoms with Crippen LogP contribution in [0.3, 0.4) is 0 Å². The number of thiazole rings is 1. The van der Waals surface area contributed by atoms with E-state index in [9.17, 15) is 18.0 Å². The number of para-hydroxylation sites is 1. The van der Waals surface area contributed by atoms with Gasteiger partial charge in [-0.3, -0.25) is 14.5 Å². The normalized spacial score (nSPS) is 16.8. The SMILES string of the molecule is CC(C)CN(C(=O)CCN(C(=O)c1cccs1)c1nc(-c2cc3ccccc3o2)cs1)C1CCS(=O)(=O)C1. The second-order valence-electron chi connectivity index (χ2n) is 9.84. The monoisotopic (exact) mass is 571 g/mol. The average molecular weight is 572 g/mol. The number of thiophene rings is 1. The van der Waals surface area contributed by atoms with Gasteiger partial charge < -0.3 is 9.32 Å². The summed E-state index contributed by atoms with van der Waals surface area (Å²) in [6.07, 6.45) is 0.520. The Bertz CT molecular complexity index is 1510. The number of hydrogen-bond donors (Lipinski definition) is 0. The van der Waals surface area contributed by atoms with Crippen molar-refractivity contribution in [2.75, 3.05) is 29.5 Å². The summed E-state index contributed by atoms with van der Waals surface area (Å²) in [5, 5.41) is 5.13. The molecule has 1 aliphatic rings. The van der Waals surface area contributed by atoms with Gasteiger partial charge in [-0.05, 0) is 35.9 Å². The summed E-state index contributed by atoms with van der Waals surface area (Å²) in [5.74, 6) is 0.523. The maximum atomic E-state index is 13.5. The Labute approximate surface area is 229 Å². The fraction of sp³-hybridized carbons (Fsp3) is 0.370. The van der Waals surface area contributed by atoms with E-state index in [-0.39, 0.29) is 48.2 Å². The third-order valence-corrected chi connectivity index (χ3v) is 9.93. The molecule has 1 aromatic carbocycles. The van der Waals surface area contributed by atoms with Crippen LogP contribution in [0.25, 0.3) is 22.4 Å². The number of carbonyl (C=O) groups is 2. The molecule has 0 N–H and O–H groups in total. The molecule has 0 spiro atoms. The number of aromatic nitrogens is 1. The van der Waals surface area contributed by atoms with Gasteiger partial charge in [0, 0.05) is 36.3 Å². The fourth-order valence-electron chi connectivity index (χ4n) is 4.65. The molecule has 0 radical (unpaired) electrons. The van der Waals surface area contributed by atoms with Gasteiger partial charge in [-0.15, -0.1) is 22.7 Å². The second-order valence-corrected chi connectivity index (χ2v) is 13.9. The first-order valence-electron chi connectivity index (χ1n) is 12.5. The molecule has 0 aliphatic carbocycles. The molecule has 2 amide bonds. The van der Waals surface area contributed by atoms with Crippen molar-refractivity contribution in [1.29, 1.82) is 0 Å². The molecule has 38 heavy (non-hydrogen) atoms. The van der Waals surface area contributed by atoms with Crippen LogP contribution < -0.4 is 4.90 Å². The van der Waals surface area contributed by atoms with Crippen molar-refractivity contribution < 1.29 is 22.4 Å². The van der Waals surface area contributed by atoms with E-state index in [1.807, 2.05) is 61.0 Å². The van der Waals surface area contributed by atoms with Gasteiger partial charge in [0.2, 0.25) is 5.91 Å². The van der Waals surface area contributed by atoms with Gasteiger partial charge in [-0.1, -0.05) is 38.1 Å². The topological polar surface area (TPSA) is 101 Å². The molecule has 5 rings (SSSR count). The Morgan fingerprint density at radius 2 is 1.97 bits per heavy atom. The maximum absolute atomic E-state index is 13.5. The van der Waals surface area contributed by atoms with Crippen molar-refractivity contribution in [2.24, 2.45) is 5.92 Å². The highest BCUT2D eigenvalue weighted by Crippen LogP contribution is 2.32. The molecule has 3 aromatic heterocycles. The highest BCUT2D eigenvalue weighted by molar-refractivity contribution is 7.91. The van der Waals surface area contributed by atoms with Gasteiger partial charge in [0.05, 0.1) is 16.4 Å². The van der Waals surface area contributed by atoms with E-state index in [4.69, 9.17) is 9.40 Å². The number of nitrogens with zero attached hydrogens (tertiary/aromatic N) is 3. The summed E-state index contributed by atoms with van der Waals surface area (Å²) in [6.45, 7) is 4.62. The number of benzene rings is 1. The van der Waals surface area contributed by atoms with Gasteiger partial charge in [0.15, 0.2) is 20.7 Å². The van der Waals surface area contributed by atoms with E-state index in [1.54, 1.807) is 15.9 Å². The smallest absolute Gasteiger partial charge is 0.270 e. The number of furan rings is 1. The first kappa shape index (κ1) is 26.6. The highest BCUT2D eigenvalue weighted by Gasteiger charge is 2.35. The van der Waals surface area contributed by atoms with Crippen LogP contribution in [-0.4, -0.2) is 60.8 Å². The van der Waals surface area contributed by atoms with Gasteiger partial charge in [0.1, 0.15) is 11.3 Å². The molecule has 200 valence electrons. The molecular weight excluding hydrogens is 543 g/mol. The standard InChI is InChI=1S/C27H29N3O5S3/c1-18(2)15-30(20-10-13-38(33,34)17-20)25(31)9-11-29(26(32)24-8-5-12-36-24)27-28-21(16-37-27)23-14-19-6-3-4-7-22(19)35-23/h3-8,12,14,16,18,20H,9-11,13,15,17H2,1-2H3. The van der Waals surface area contributed by atoms with E-state index in [0.29, 0.717) is 34.4 Å². The molecule has 0 bridgehead atoms. The quantitative estimate of drug-likeness (QED) is 0.269. The van der Waals surface area contributed by atoms with Gasteiger partial charge in [0.25, 0.3) is 5.91 Å². The van der Waals surface area contributed by atoms with E-state index < -0.39 is 9.84 Å². The number of rotatable bonds is 9. The van der Waals surface area contributed by atoms with Crippen LogP contribution in [-0.2, 0) is 14.6 Å². The van der Waals surface area contributed by atoms with E-state index in [0.717, 1.165) is 11.0 Å². The minimum Gasteiger partial charge on any atom is -0.454 e. The van der Waals surface area contributed by atoms with Gasteiger partial charge in [-0.2, -0.15) is 0 Å². The summed E-state index contributed by atoms with van der Waals surface area (Å²) in [6, 6.07) is 12.9. The Morgan fingerprint density at radius 1 is 1.16 bits per heavy atom. The lowest BCUT2D eigenvalue weighted by Crippen LogP contribution is -2.44. The summed E-state index contributed by atoms with van der Waals surface area (Å²) in [7, 11) is -3.13. The predicted octanol–water partition coefficient (Wildman–Crippen LogP) is 5.33. The van der Waals surface area contributed by atoms with Crippen LogP contribution in [0.15, 0.2) is 57.6 Å². The molecule has 1 fully saturated rings. The number of amides is 2. The molecule has 8 nitrogen and oxygen atoms in total. The zero-order valence-electron chi connectivity index (χ0n) is 21.2. The third-order valence-electron chi connectivity index (χ3n) is 6.46. The Kier molecular flexibility index (Phi) is 7.69. The molecule has 4 aromatic rings. The predicted molar refractivity (Wildman–Crippen MR) is 152 cm³/mol. The molecule has 1 atom stereocenters. The first-order valence-corrected chi connectivity index (χ1v) is 16.1. The molecule has 0 saturated carbocycles. The fourth-order valence-corrected chi connectivity index (χ4v) is 7.89. The van der Waals surface area contributed by atoms with Gasteiger partial charge >= 0.3 is 0 Å². The van der Waals surface area contributed by atoms with E-state index in [1.165, 1.54) is 22.7 Å². The average Bonchev–Trinajstić information content (AvgIpc) is 3.68. The van der Waals surface area contributed by atoms with Crippen molar-refractivity contribution in [3.05, 3.63) is 58.1 Å². The molecule has 11 heteroatoms. The van der Waals surface area contributed by atoms with Crippen LogP contribution >= 0.6 is 22.7 Å². The Balaban J connectivity index is 1.38. The largest absolute Gasteiger partial charge is 0.454 e. The van der Waals surface area contributed by atoms with Gasteiger partial charge in [-0.25, -0.2) is 13.4 Å².